The molecule has 1 aromatic heterocycles. The molecule has 2 aromatic carbocycles. The number of hydrogen-bond acceptors (Lipinski definition) is 7. The fourth-order valence-electron chi connectivity index (χ4n) is 2.44. The molecule has 0 aliphatic carbocycles. The van der Waals surface area contributed by atoms with Gasteiger partial charge >= 0.3 is 6.18 Å². The van der Waals surface area contributed by atoms with Gasteiger partial charge < -0.3 is 20.1 Å². The molecule has 0 saturated carbocycles. The molecule has 0 unspecified atom stereocenters. The smallest absolute Gasteiger partial charge is 0.418 e. The van der Waals surface area contributed by atoms with Crippen LogP contribution in [0.15, 0.2) is 48.7 Å². The van der Waals surface area contributed by atoms with Gasteiger partial charge in [0.1, 0.15) is 0 Å². The summed E-state index contributed by atoms with van der Waals surface area (Å²) in [5.74, 6) is 1.25. The first kappa shape index (κ1) is 19.2. The molecule has 1 heterocycles. The number of methoxy groups -OCH3 is 2. The SMILES string of the molecule is COc1ccc(Nc2nncc(Nc3ccccc3C(F)(F)F)n2)cc1OC. The molecule has 3 aromatic rings. The molecule has 28 heavy (non-hydrogen) atoms. The maximum absolute atomic E-state index is 13.1. The number of alkyl halides is 3. The summed E-state index contributed by atoms with van der Waals surface area (Å²) < 4.78 is 49.8. The molecule has 146 valence electrons. The number of benzene rings is 2. The Labute approximate surface area is 158 Å². The van der Waals surface area contributed by atoms with Crippen LogP contribution >= 0.6 is 0 Å². The summed E-state index contributed by atoms with van der Waals surface area (Å²) in [6.07, 6.45) is -3.27. The van der Waals surface area contributed by atoms with Crippen molar-refractivity contribution in [3.8, 4) is 11.5 Å². The minimum Gasteiger partial charge on any atom is -0.493 e. The summed E-state index contributed by atoms with van der Waals surface area (Å²) >= 11 is 0. The molecule has 0 bridgehead atoms. The zero-order valence-electron chi connectivity index (χ0n) is 14.9. The average Bonchev–Trinajstić information content (AvgIpc) is 2.68. The number of halogens is 3. The second kappa shape index (κ2) is 7.99. The van der Waals surface area contributed by atoms with Crippen LogP contribution in [0.25, 0.3) is 0 Å². The van der Waals surface area contributed by atoms with Crippen molar-refractivity contribution in [1.29, 1.82) is 0 Å². The fourth-order valence-corrected chi connectivity index (χ4v) is 2.44. The Kier molecular flexibility index (Phi) is 5.48. The number of nitrogens with zero attached hydrogens (tertiary/aromatic N) is 3. The van der Waals surface area contributed by atoms with Crippen molar-refractivity contribution >= 4 is 23.1 Å². The van der Waals surface area contributed by atoms with Gasteiger partial charge in [0.2, 0.25) is 5.95 Å². The highest BCUT2D eigenvalue weighted by Gasteiger charge is 2.33. The molecule has 3 rings (SSSR count). The largest absolute Gasteiger partial charge is 0.493 e. The van der Waals surface area contributed by atoms with Gasteiger partial charge in [0.05, 0.1) is 31.7 Å². The second-order valence-electron chi connectivity index (χ2n) is 5.53. The standard InChI is InChI=1S/C18H16F3N5O2/c1-27-14-8-7-11(9-15(14)28-2)23-17-25-16(10-22-26-17)24-13-6-4-3-5-12(13)18(19,20)21/h3-10H,1-2H3,(H2,23,24,25,26). The predicted molar refractivity (Wildman–Crippen MR) is 97.4 cm³/mol. The number of anilines is 4. The summed E-state index contributed by atoms with van der Waals surface area (Å²) in [6, 6.07) is 10.2. The number of para-hydroxylation sites is 1. The van der Waals surface area contributed by atoms with Gasteiger partial charge in [0.15, 0.2) is 17.3 Å². The van der Waals surface area contributed by atoms with Crippen molar-refractivity contribution in [2.45, 2.75) is 6.18 Å². The minimum absolute atomic E-state index is 0.0988. The summed E-state index contributed by atoms with van der Waals surface area (Å²) in [6.45, 7) is 0. The van der Waals surface area contributed by atoms with Crippen LogP contribution in [0.2, 0.25) is 0 Å². The van der Waals surface area contributed by atoms with Gasteiger partial charge in [0.25, 0.3) is 0 Å². The molecule has 0 aliphatic heterocycles. The summed E-state index contributed by atoms with van der Waals surface area (Å²) in [5.41, 5.74) is -0.345. The quantitative estimate of drug-likeness (QED) is 0.645. The van der Waals surface area contributed by atoms with Gasteiger partial charge in [0, 0.05) is 11.8 Å². The molecule has 0 atom stereocenters. The molecule has 10 heteroatoms. The topological polar surface area (TPSA) is 81.2 Å². The molecular formula is C18H16F3N5O2. The van der Waals surface area contributed by atoms with E-state index in [1.54, 1.807) is 18.2 Å². The van der Waals surface area contributed by atoms with Crippen molar-refractivity contribution in [2.75, 3.05) is 24.9 Å². The van der Waals surface area contributed by atoms with E-state index in [1.165, 1.54) is 38.6 Å². The number of nitrogens with one attached hydrogen (secondary N) is 2. The molecule has 0 saturated heterocycles. The van der Waals surface area contributed by atoms with Gasteiger partial charge in [-0.15, -0.1) is 5.10 Å². The van der Waals surface area contributed by atoms with Crippen molar-refractivity contribution in [3.63, 3.8) is 0 Å². The van der Waals surface area contributed by atoms with E-state index in [9.17, 15) is 13.2 Å². The van der Waals surface area contributed by atoms with Crippen LogP contribution in [0.4, 0.5) is 36.3 Å². The highest BCUT2D eigenvalue weighted by Crippen LogP contribution is 2.35. The predicted octanol–water partition coefficient (Wildman–Crippen LogP) is 4.39. The molecule has 0 spiro atoms. The minimum atomic E-state index is -4.50. The second-order valence-corrected chi connectivity index (χ2v) is 5.53. The molecular weight excluding hydrogens is 375 g/mol. The maximum Gasteiger partial charge on any atom is 0.418 e. The monoisotopic (exact) mass is 391 g/mol. The number of aromatic nitrogens is 3. The van der Waals surface area contributed by atoms with Gasteiger partial charge in [-0.05, 0) is 24.3 Å². The Morgan fingerprint density at radius 1 is 0.929 bits per heavy atom. The third-order valence-corrected chi connectivity index (χ3v) is 3.69. The average molecular weight is 391 g/mol. The van der Waals surface area contributed by atoms with Gasteiger partial charge in [-0.3, -0.25) is 0 Å². The fraction of sp³-hybridized carbons (Fsp3) is 0.167. The van der Waals surface area contributed by atoms with Crippen molar-refractivity contribution in [2.24, 2.45) is 0 Å². The molecule has 0 radical (unpaired) electrons. The van der Waals surface area contributed by atoms with E-state index in [2.05, 4.69) is 25.8 Å². The summed E-state index contributed by atoms with van der Waals surface area (Å²) in [7, 11) is 3.02. The van der Waals surface area contributed by atoms with Crippen LogP contribution in [0.5, 0.6) is 11.5 Å². The molecule has 0 aliphatic rings. The maximum atomic E-state index is 13.1. The van der Waals surface area contributed by atoms with E-state index in [0.717, 1.165) is 6.07 Å². The van der Waals surface area contributed by atoms with Crippen molar-refractivity contribution < 1.29 is 22.6 Å². The van der Waals surface area contributed by atoms with Crippen LogP contribution in [-0.4, -0.2) is 29.4 Å². The molecule has 2 N–H and O–H groups in total. The van der Waals surface area contributed by atoms with E-state index in [4.69, 9.17) is 9.47 Å². The van der Waals surface area contributed by atoms with Crippen LogP contribution in [0.3, 0.4) is 0 Å². The first-order valence-corrected chi connectivity index (χ1v) is 8.02. The lowest BCUT2D eigenvalue weighted by Gasteiger charge is -2.14. The van der Waals surface area contributed by atoms with Crippen LogP contribution in [-0.2, 0) is 6.18 Å². The molecule has 0 fully saturated rings. The Bertz CT molecular complexity index is 966. The lowest BCUT2D eigenvalue weighted by Crippen LogP contribution is -2.09. The Balaban J connectivity index is 1.82. The van der Waals surface area contributed by atoms with Gasteiger partial charge in [-0.1, -0.05) is 12.1 Å². The van der Waals surface area contributed by atoms with Gasteiger partial charge in [-0.2, -0.15) is 23.3 Å². The Morgan fingerprint density at radius 2 is 1.68 bits per heavy atom. The number of hydrogen-bond donors (Lipinski definition) is 2. The van der Waals surface area contributed by atoms with Crippen LogP contribution in [0, 0.1) is 0 Å². The van der Waals surface area contributed by atoms with E-state index in [0.29, 0.717) is 17.2 Å². The van der Waals surface area contributed by atoms with E-state index in [1.807, 2.05) is 0 Å². The van der Waals surface area contributed by atoms with Crippen LogP contribution < -0.4 is 20.1 Å². The number of ether oxygens (including phenoxy) is 2. The lowest BCUT2D eigenvalue weighted by molar-refractivity contribution is -0.136. The van der Waals surface area contributed by atoms with Gasteiger partial charge in [-0.25, -0.2) is 0 Å². The summed E-state index contributed by atoms with van der Waals surface area (Å²) in [5, 5.41) is 13.2. The molecule has 0 amide bonds. The van der Waals surface area contributed by atoms with Crippen molar-refractivity contribution in [3.05, 3.63) is 54.2 Å². The third-order valence-electron chi connectivity index (χ3n) is 3.69. The highest BCUT2D eigenvalue weighted by molar-refractivity contribution is 5.63. The van der Waals surface area contributed by atoms with E-state index >= 15 is 0 Å². The van der Waals surface area contributed by atoms with E-state index in [-0.39, 0.29) is 17.5 Å². The first-order chi connectivity index (χ1) is 13.4. The summed E-state index contributed by atoms with van der Waals surface area (Å²) in [4.78, 5) is 4.15. The van der Waals surface area contributed by atoms with Crippen molar-refractivity contribution in [1.82, 2.24) is 15.2 Å². The number of rotatable bonds is 6. The highest BCUT2D eigenvalue weighted by atomic mass is 19.4. The van der Waals surface area contributed by atoms with E-state index < -0.39 is 11.7 Å². The zero-order chi connectivity index (χ0) is 20.1. The lowest BCUT2D eigenvalue weighted by atomic mass is 10.1. The normalized spacial score (nSPS) is 11.0. The third kappa shape index (κ3) is 4.40. The molecule has 7 nitrogen and oxygen atoms in total. The first-order valence-electron chi connectivity index (χ1n) is 8.02. The Hall–Kier alpha value is -3.56. The van der Waals surface area contributed by atoms with Crippen LogP contribution in [0.1, 0.15) is 5.56 Å². The Morgan fingerprint density at radius 3 is 2.39 bits per heavy atom. The zero-order valence-corrected chi connectivity index (χ0v) is 14.9.